The van der Waals surface area contributed by atoms with Crippen LogP contribution >= 0.6 is 22.6 Å². The highest BCUT2D eigenvalue weighted by molar-refractivity contribution is 14.1. The van der Waals surface area contributed by atoms with E-state index in [0.717, 1.165) is 5.56 Å². The maximum atomic E-state index is 9.80. The summed E-state index contributed by atoms with van der Waals surface area (Å²) in [5.74, 6) is 0. The topological polar surface area (TPSA) is 32.3 Å². The molecule has 0 saturated heterocycles. The molecule has 3 heteroatoms. The Bertz CT molecular complexity index is 271. The fourth-order valence-electron chi connectivity index (χ4n) is 1.15. The first kappa shape index (κ1) is 11.9. The Morgan fingerprint density at radius 3 is 2.36 bits per heavy atom. The Morgan fingerprint density at radius 1 is 1.29 bits per heavy atom. The van der Waals surface area contributed by atoms with Gasteiger partial charge in [0.2, 0.25) is 0 Å². The van der Waals surface area contributed by atoms with Gasteiger partial charge in [0.25, 0.3) is 0 Å². The van der Waals surface area contributed by atoms with E-state index in [1.165, 1.54) is 3.57 Å². The van der Waals surface area contributed by atoms with Crippen LogP contribution in [0, 0.1) is 3.57 Å². The first-order valence-electron chi connectivity index (χ1n) is 4.76. The van der Waals surface area contributed by atoms with E-state index in [0.29, 0.717) is 12.6 Å². The summed E-state index contributed by atoms with van der Waals surface area (Å²) >= 11 is 2.25. The fourth-order valence-corrected chi connectivity index (χ4v) is 1.51. The van der Waals surface area contributed by atoms with Crippen molar-refractivity contribution in [1.82, 2.24) is 5.32 Å². The molecule has 1 atom stereocenters. The number of hydrogen-bond donors (Lipinski definition) is 2. The third kappa shape index (κ3) is 3.94. The highest BCUT2D eigenvalue weighted by Crippen LogP contribution is 2.14. The molecule has 0 amide bonds. The van der Waals surface area contributed by atoms with Crippen LogP contribution in [0.4, 0.5) is 0 Å². The zero-order chi connectivity index (χ0) is 10.6. The van der Waals surface area contributed by atoms with Gasteiger partial charge in [-0.05, 0) is 40.3 Å². The minimum Gasteiger partial charge on any atom is -0.387 e. The van der Waals surface area contributed by atoms with Crippen molar-refractivity contribution in [2.75, 3.05) is 6.54 Å². The summed E-state index contributed by atoms with van der Waals surface area (Å²) in [6.45, 7) is 4.75. The summed E-state index contributed by atoms with van der Waals surface area (Å²) < 4.78 is 1.19. The third-order valence-electron chi connectivity index (χ3n) is 1.97. The lowest BCUT2D eigenvalue weighted by atomic mass is 10.1. The molecule has 1 aromatic carbocycles. The Labute approximate surface area is 98.9 Å². The van der Waals surface area contributed by atoms with Crippen LogP contribution in [0.5, 0.6) is 0 Å². The molecular weight excluding hydrogens is 289 g/mol. The summed E-state index contributed by atoms with van der Waals surface area (Å²) in [7, 11) is 0. The van der Waals surface area contributed by atoms with Gasteiger partial charge < -0.3 is 10.4 Å². The monoisotopic (exact) mass is 305 g/mol. The van der Waals surface area contributed by atoms with E-state index < -0.39 is 6.10 Å². The van der Waals surface area contributed by atoms with Crippen molar-refractivity contribution in [2.45, 2.75) is 26.0 Å². The van der Waals surface area contributed by atoms with Gasteiger partial charge >= 0.3 is 0 Å². The van der Waals surface area contributed by atoms with Gasteiger partial charge in [-0.1, -0.05) is 26.0 Å². The second-order valence-corrected chi connectivity index (χ2v) is 4.88. The molecule has 0 aliphatic carbocycles. The lowest BCUT2D eigenvalue weighted by molar-refractivity contribution is 0.171. The van der Waals surface area contributed by atoms with Crippen LogP contribution < -0.4 is 5.32 Å². The Balaban J connectivity index is 2.52. The minimum atomic E-state index is -0.408. The molecule has 0 aliphatic rings. The normalized spacial score (nSPS) is 13.2. The minimum absolute atomic E-state index is 0.408. The molecule has 1 aromatic rings. The number of nitrogens with one attached hydrogen (secondary N) is 1. The quantitative estimate of drug-likeness (QED) is 0.837. The second-order valence-electron chi connectivity index (χ2n) is 3.63. The maximum absolute atomic E-state index is 9.80. The van der Waals surface area contributed by atoms with E-state index >= 15 is 0 Å². The Morgan fingerprint density at radius 2 is 1.86 bits per heavy atom. The van der Waals surface area contributed by atoms with Crippen molar-refractivity contribution >= 4 is 22.6 Å². The van der Waals surface area contributed by atoms with Gasteiger partial charge in [0, 0.05) is 16.2 Å². The van der Waals surface area contributed by atoms with Crippen LogP contribution in [-0.2, 0) is 0 Å². The lowest BCUT2D eigenvalue weighted by Crippen LogP contribution is -2.27. The highest BCUT2D eigenvalue weighted by atomic mass is 127. The molecule has 0 saturated carbocycles. The average Bonchev–Trinajstić information content (AvgIpc) is 2.15. The van der Waals surface area contributed by atoms with E-state index in [1.807, 2.05) is 24.3 Å². The lowest BCUT2D eigenvalue weighted by Gasteiger charge is -2.14. The molecule has 78 valence electrons. The van der Waals surface area contributed by atoms with Gasteiger partial charge in [0.1, 0.15) is 0 Å². The van der Waals surface area contributed by atoms with Crippen LogP contribution in [0.15, 0.2) is 24.3 Å². The zero-order valence-corrected chi connectivity index (χ0v) is 10.7. The summed E-state index contributed by atoms with van der Waals surface area (Å²) in [4.78, 5) is 0. The van der Waals surface area contributed by atoms with Gasteiger partial charge in [-0.3, -0.25) is 0 Å². The van der Waals surface area contributed by atoms with Crippen LogP contribution in [0.1, 0.15) is 25.5 Å². The number of hydrogen-bond acceptors (Lipinski definition) is 2. The van der Waals surface area contributed by atoms with Gasteiger partial charge in [-0.2, -0.15) is 0 Å². The highest BCUT2D eigenvalue weighted by Gasteiger charge is 2.06. The standard InChI is InChI=1S/C11H16INO/c1-8(2)13-7-11(14)9-3-5-10(12)6-4-9/h3-6,8,11,13-14H,7H2,1-2H3. The molecule has 0 aromatic heterocycles. The molecule has 0 aliphatic heterocycles. The summed E-state index contributed by atoms with van der Waals surface area (Å²) in [6, 6.07) is 8.36. The molecule has 0 spiro atoms. The molecule has 1 unspecified atom stereocenters. The van der Waals surface area contributed by atoms with E-state index in [1.54, 1.807) is 0 Å². The first-order chi connectivity index (χ1) is 6.59. The predicted octanol–water partition coefficient (Wildman–Crippen LogP) is 2.32. The van der Waals surface area contributed by atoms with Gasteiger partial charge in [0.15, 0.2) is 0 Å². The van der Waals surface area contributed by atoms with Crippen LogP contribution in [-0.4, -0.2) is 17.7 Å². The number of aliphatic hydroxyl groups is 1. The smallest absolute Gasteiger partial charge is 0.0914 e. The van der Waals surface area contributed by atoms with E-state index in [4.69, 9.17) is 0 Å². The average molecular weight is 305 g/mol. The largest absolute Gasteiger partial charge is 0.387 e. The fraction of sp³-hybridized carbons (Fsp3) is 0.455. The summed E-state index contributed by atoms with van der Waals surface area (Å²) in [5, 5.41) is 13.0. The molecule has 2 N–H and O–H groups in total. The van der Waals surface area contributed by atoms with E-state index in [2.05, 4.69) is 41.8 Å². The molecule has 2 nitrogen and oxygen atoms in total. The molecular formula is C11H16INO. The SMILES string of the molecule is CC(C)NCC(O)c1ccc(I)cc1. The third-order valence-corrected chi connectivity index (χ3v) is 2.69. The summed E-state index contributed by atoms with van der Waals surface area (Å²) in [6.07, 6.45) is -0.408. The van der Waals surface area contributed by atoms with E-state index in [9.17, 15) is 5.11 Å². The van der Waals surface area contributed by atoms with Crippen molar-refractivity contribution in [3.63, 3.8) is 0 Å². The summed E-state index contributed by atoms with van der Waals surface area (Å²) in [5.41, 5.74) is 0.971. The van der Waals surface area contributed by atoms with Crippen LogP contribution in [0.3, 0.4) is 0 Å². The molecule has 1 rings (SSSR count). The zero-order valence-electron chi connectivity index (χ0n) is 8.50. The van der Waals surface area contributed by atoms with Crippen molar-refractivity contribution in [3.05, 3.63) is 33.4 Å². The van der Waals surface area contributed by atoms with Crippen molar-refractivity contribution in [1.29, 1.82) is 0 Å². The molecule has 0 radical (unpaired) electrons. The Kier molecular flexibility index (Phi) is 4.84. The number of halogens is 1. The first-order valence-corrected chi connectivity index (χ1v) is 5.84. The van der Waals surface area contributed by atoms with Crippen molar-refractivity contribution in [2.24, 2.45) is 0 Å². The predicted molar refractivity (Wildman–Crippen MR) is 67.3 cm³/mol. The molecule has 14 heavy (non-hydrogen) atoms. The molecule has 0 fully saturated rings. The van der Waals surface area contributed by atoms with E-state index in [-0.39, 0.29) is 0 Å². The number of aliphatic hydroxyl groups excluding tert-OH is 1. The maximum Gasteiger partial charge on any atom is 0.0914 e. The molecule has 0 bridgehead atoms. The van der Waals surface area contributed by atoms with Crippen LogP contribution in [0.25, 0.3) is 0 Å². The second kappa shape index (κ2) is 5.68. The number of rotatable bonds is 4. The van der Waals surface area contributed by atoms with Gasteiger partial charge in [-0.25, -0.2) is 0 Å². The van der Waals surface area contributed by atoms with Crippen molar-refractivity contribution < 1.29 is 5.11 Å². The van der Waals surface area contributed by atoms with Crippen LogP contribution in [0.2, 0.25) is 0 Å². The van der Waals surface area contributed by atoms with Gasteiger partial charge in [0.05, 0.1) is 6.10 Å². The number of benzene rings is 1. The Hall–Kier alpha value is -0.130. The molecule has 0 heterocycles. The van der Waals surface area contributed by atoms with Gasteiger partial charge in [-0.15, -0.1) is 0 Å². The van der Waals surface area contributed by atoms with Crippen molar-refractivity contribution in [3.8, 4) is 0 Å².